The largest absolute Gasteiger partial charge is 0.288 e. The van der Waals surface area contributed by atoms with E-state index in [-0.39, 0.29) is 16.4 Å². The zero-order chi connectivity index (χ0) is 14.7. The average Bonchev–Trinajstić information content (AvgIpc) is 2.41. The Kier molecular flexibility index (Phi) is 4.56. The van der Waals surface area contributed by atoms with Crippen LogP contribution < -0.4 is 0 Å². The maximum absolute atomic E-state index is 13.8. The first-order valence-electron chi connectivity index (χ1n) is 6.56. The Labute approximate surface area is 123 Å². The summed E-state index contributed by atoms with van der Waals surface area (Å²) in [5, 5.41) is -0.0349. The van der Waals surface area contributed by atoms with E-state index in [2.05, 4.69) is 13.8 Å². The summed E-state index contributed by atoms with van der Waals surface area (Å²) in [6, 6.07) is 11.8. The standard InChI is InChI=1S/C17H16ClFO/c1-11(2)10-12-6-8-13(9-7-12)17(20)14-4-3-5-15(18)16(14)19/h3-9,11H,10H2,1-2H3. The number of halogens is 2. The number of carbonyl (C=O) groups is 1. The Bertz CT molecular complexity index is 617. The van der Waals surface area contributed by atoms with Crippen molar-refractivity contribution in [1.29, 1.82) is 0 Å². The number of benzene rings is 2. The number of hydrogen-bond acceptors (Lipinski definition) is 1. The van der Waals surface area contributed by atoms with Gasteiger partial charge in [0.15, 0.2) is 11.6 Å². The molecule has 104 valence electrons. The van der Waals surface area contributed by atoms with Crippen molar-refractivity contribution in [1.82, 2.24) is 0 Å². The van der Waals surface area contributed by atoms with Crippen molar-refractivity contribution in [3.63, 3.8) is 0 Å². The molecule has 0 heterocycles. The van der Waals surface area contributed by atoms with Crippen molar-refractivity contribution in [2.24, 2.45) is 5.92 Å². The van der Waals surface area contributed by atoms with E-state index in [1.165, 1.54) is 17.7 Å². The lowest BCUT2D eigenvalue weighted by atomic mass is 9.98. The number of hydrogen-bond donors (Lipinski definition) is 0. The lowest BCUT2D eigenvalue weighted by Crippen LogP contribution is -2.05. The van der Waals surface area contributed by atoms with Gasteiger partial charge in [0, 0.05) is 5.56 Å². The quantitative estimate of drug-likeness (QED) is 0.731. The van der Waals surface area contributed by atoms with Gasteiger partial charge in [-0.2, -0.15) is 0 Å². The van der Waals surface area contributed by atoms with Crippen LogP contribution in [0.25, 0.3) is 0 Å². The Morgan fingerprint density at radius 1 is 1.15 bits per heavy atom. The molecular weight excluding hydrogens is 275 g/mol. The van der Waals surface area contributed by atoms with Gasteiger partial charge in [-0.3, -0.25) is 4.79 Å². The molecule has 0 aliphatic heterocycles. The van der Waals surface area contributed by atoms with Gasteiger partial charge in [0.05, 0.1) is 10.6 Å². The maximum Gasteiger partial charge on any atom is 0.196 e. The van der Waals surface area contributed by atoms with Crippen molar-refractivity contribution in [2.45, 2.75) is 20.3 Å². The fourth-order valence-corrected chi connectivity index (χ4v) is 2.27. The van der Waals surface area contributed by atoms with Gasteiger partial charge in [-0.1, -0.05) is 55.8 Å². The first kappa shape index (κ1) is 14.7. The predicted octanol–water partition coefficient (Wildman–Crippen LogP) is 4.91. The van der Waals surface area contributed by atoms with Gasteiger partial charge < -0.3 is 0 Å². The van der Waals surface area contributed by atoms with Gasteiger partial charge in [-0.25, -0.2) is 4.39 Å². The van der Waals surface area contributed by atoms with E-state index < -0.39 is 5.82 Å². The molecule has 0 radical (unpaired) electrons. The van der Waals surface area contributed by atoms with E-state index in [1.807, 2.05) is 12.1 Å². The third-order valence-corrected chi connectivity index (χ3v) is 3.35. The molecule has 2 aromatic rings. The fraction of sp³-hybridized carbons (Fsp3) is 0.235. The Balaban J connectivity index is 2.27. The Morgan fingerprint density at radius 2 is 1.80 bits per heavy atom. The molecule has 0 atom stereocenters. The molecule has 0 aromatic heterocycles. The molecule has 0 fully saturated rings. The Hall–Kier alpha value is -1.67. The molecule has 0 spiro atoms. The summed E-state index contributed by atoms with van der Waals surface area (Å²) in [5.41, 5.74) is 1.65. The van der Waals surface area contributed by atoms with Gasteiger partial charge in [0.1, 0.15) is 0 Å². The summed E-state index contributed by atoms with van der Waals surface area (Å²) >= 11 is 5.70. The summed E-state index contributed by atoms with van der Waals surface area (Å²) in [7, 11) is 0. The number of rotatable bonds is 4. The molecule has 2 rings (SSSR count). The highest BCUT2D eigenvalue weighted by atomic mass is 35.5. The smallest absolute Gasteiger partial charge is 0.196 e. The summed E-state index contributed by atoms with van der Waals surface area (Å²) < 4.78 is 13.8. The second-order valence-corrected chi connectivity index (χ2v) is 5.63. The zero-order valence-corrected chi connectivity index (χ0v) is 12.2. The van der Waals surface area contributed by atoms with Crippen LogP contribution in [0.4, 0.5) is 4.39 Å². The van der Waals surface area contributed by atoms with Crippen LogP contribution in [-0.2, 0) is 6.42 Å². The van der Waals surface area contributed by atoms with Crippen molar-refractivity contribution < 1.29 is 9.18 Å². The molecule has 2 aromatic carbocycles. The predicted molar refractivity (Wildman–Crippen MR) is 79.8 cm³/mol. The number of carbonyl (C=O) groups excluding carboxylic acids is 1. The van der Waals surface area contributed by atoms with Crippen LogP contribution in [0.15, 0.2) is 42.5 Å². The normalized spacial score (nSPS) is 10.8. The molecular formula is C17H16ClFO. The SMILES string of the molecule is CC(C)Cc1ccc(C(=O)c2cccc(Cl)c2F)cc1. The fourth-order valence-electron chi connectivity index (χ4n) is 2.10. The molecule has 0 bridgehead atoms. The molecule has 0 amide bonds. The summed E-state index contributed by atoms with van der Waals surface area (Å²) in [6.07, 6.45) is 0.958. The third-order valence-electron chi connectivity index (χ3n) is 3.06. The molecule has 0 N–H and O–H groups in total. The minimum Gasteiger partial charge on any atom is -0.288 e. The van der Waals surface area contributed by atoms with Crippen molar-refractivity contribution in [2.75, 3.05) is 0 Å². The van der Waals surface area contributed by atoms with E-state index in [0.717, 1.165) is 6.42 Å². The Morgan fingerprint density at radius 3 is 2.40 bits per heavy atom. The third kappa shape index (κ3) is 3.26. The van der Waals surface area contributed by atoms with E-state index in [9.17, 15) is 9.18 Å². The van der Waals surface area contributed by atoms with E-state index in [4.69, 9.17) is 11.6 Å². The number of ketones is 1. The maximum atomic E-state index is 13.8. The van der Waals surface area contributed by atoms with Gasteiger partial charge in [0.25, 0.3) is 0 Å². The molecule has 20 heavy (non-hydrogen) atoms. The average molecular weight is 291 g/mol. The highest BCUT2D eigenvalue weighted by molar-refractivity contribution is 6.31. The summed E-state index contributed by atoms with van der Waals surface area (Å²) in [4.78, 5) is 12.3. The minimum atomic E-state index is -0.662. The van der Waals surface area contributed by atoms with Crippen LogP contribution in [-0.4, -0.2) is 5.78 Å². The summed E-state index contributed by atoms with van der Waals surface area (Å²) in [5.74, 6) is -0.451. The van der Waals surface area contributed by atoms with Crippen LogP contribution in [0.3, 0.4) is 0 Å². The highest BCUT2D eigenvalue weighted by Gasteiger charge is 2.15. The van der Waals surface area contributed by atoms with Crippen LogP contribution in [0.2, 0.25) is 5.02 Å². The van der Waals surface area contributed by atoms with Gasteiger partial charge in [0.2, 0.25) is 0 Å². The topological polar surface area (TPSA) is 17.1 Å². The van der Waals surface area contributed by atoms with Gasteiger partial charge in [-0.05, 0) is 30.0 Å². The molecule has 0 saturated carbocycles. The van der Waals surface area contributed by atoms with Crippen LogP contribution >= 0.6 is 11.6 Å². The molecule has 1 nitrogen and oxygen atoms in total. The molecule has 0 unspecified atom stereocenters. The van der Waals surface area contributed by atoms with Crippen molar-refractivity contribution in [3.05, 3.63) is 70.0 Å². The van der Waals surface area contributed by atoms with Gasteiger partial charge >= 0.3 is 0 Å². The molecule has 0 aliphatic carbocycles. The van der Waals surface area contributed by atoms with Crippen molar-refractivity contribution >= 4 is 17.4 Å². The first-order valence-corrected chi connectivity index (χ1v) is 6.94. The second-order valence-electron chi connectivity index (χ2n) is 5.23. The van der Waals surface area contributed by atoms with E-state index >= 15 is 0 Å². The second kappa shape index (κ2) is 6.19. The van der Waals surface area contributed by atoms with Gasteiger partial charge in [-0.15, -0.1) is 0 Å². The van der Waals surface area contributed by atoms with Crippen LogP contribution in [0.5, 0.6) is 0 Å². The van der Waals surface area contributed by atoms with Crippen LogP contribution in [0.1, 0.15) is 35.3 Å². The van der Waals surface area contributed by atoms with E-state index in [1.54, 1.807) is 18.2 Å². The lowest BCUT2D eigenvalue weighted by Gasteiger charge is -2.07. The molecule has 0 aliphatic rings. The van der Waals surface area contributed by atoms with Crippen molar-refractivity contribution in [3.8, 4) is 0 Å². The monoisotopic (exact) mass is 290 g/mol. The van der Waals surface area contributed by atoms with E-state index in [0.29, 0.717) is 11.5 Å². The first-order chi connectivity index (χ1) is 9.49. The van der Waals surface area contributed by atoms with Crippen LogP contribution in [0, 0.1) is 11.7 Å². The molecule has 3 heteroatoms. The lowest BCUT2D eigenvalue weighted by molar-refractivity contribution is 0.103. The summed E-state index contributed by atoms with van der Waals surface area (Å²) in [6.45, 7) is 4.28. The zero-order valence-electron chi connectivity index (χ0n) is 11.5. The highest BCUT2D eigenvalue weighted by Crippen LogP contribution is 2.21. The minimum absolute atomic E-state index is 0.00843. The molecule has 0 saturated heterocycles.